The van der Waals surface area contributed by atoms with Crippen molar-refractivity contribution < 1.29 is 4.92 Å². The van der Waals surface area contributed by atoms with Crippen molar-refractivity contribution in [3.8, 4) is 0 Å². The molecule has 0 spiro atoms. The second-order valence-electron chi connectivity index (χ2n) is 4.65. The molecule has 0 radical (unpaired) electrons. The van der Waals surface area contributed by atoms with E-state index in [1.54, 1.807) is 18.3 Å². The van der Waals surface area contributed by atoms with Gasteiger partial charge in [0.2, 0.25) is 0 Å². The molecule has 2 aromatic carbocycles. The Labute approximate surface area is 123 Å². The maximum absolute atomic E-state index is 10.8. The summed E-state index contributed by atoms with van der Waals surface area (Å²) in [5, 5.41) is 17.0. The average molecular weight is 283 g/mol. The predicted octanol–water partition coefficient (Wildman–Crippen LogP) is 3.76. The van der Waals surface area contributed by atoms with Crippen molar-refractivity contribution >= 4 is 17.6 Å². The quantitative estimate of drug-likeness (QED) is 0.477. The zero-order chi connectivity index (χ0) is 15.2. The molecule has 0 saturated heterocycles. The number of benzene rings is 2. The summed E-state index contributed by atoms with van der Waals surface area (Å²) >= 11 is 0. The summed E-state index contributed by atoms with van der Waals surface area (Å²) in [7, 11) is 0. The van der Waals surface area contributed by atoms with Crippen LogP contribution in [0.4, 0.5) is 11.4 Å². The van der Waals surface area contributed by atoms with Gasteiger partial charge in [-0.2, -0.15) is 5.10 Å². The molecule has 0 bridgehead atoms. The first-order valence-corrected chi connectivity index (χ1v) is 6.73. The Morgan fingerprint density at radius 3 is 2.57 bits per heavy atom. The van der Waals surface area contributed by atoms with Crippen molar-refractivity contribution in [2.75, 3.05) is 11.6 Å². The van der Waals surface area contributed by atoms with Crippen LogP contribution in [-0.4, -0.2) is 17.7 Å². The molecule has 0 saturated carbocycles. The van der Waals surface area contributed by atoms with Crippen molar-refractivity contribution in [3.05, 3.63) is 69.8 Å². The molecule has 0 atom stereocenters. The van der Waals surface area contributed by atoms with Gasteiger partial charge in [-0.3, -0.25) is 15.1 Å². The van der Waals surface area contributed by atoms with Gasteiger partial charge in [0, 0.05) is 24.2 Å². The number of nitro groups is 1. The van der Waals surface area contributed by atoms with Gasteiger partial charge in [0.15, 0.2) is 0 Å². The van der Waals surface area contributed by atoms with Crippen molar-refractivity contribution in [1.82, 2.24) is 0 Å². The zero-order valence-corrected chi connectivity index (χ0v) is 12.1. The molecule has 5 heteroatoms. The number of hydrazone groups is 1. The van der Waals surface area contributed by atoms with Gasteiger partial charge in [-0.05, 0) is 26.0 Å². The van der Waals surface area contributed by atoms with E-state index in [0.717, 1.165) is 5.69 Å². The number of rotatable bonds is 5. The van der Waals surface area contributed by atoms with Gasteiger partial charge in [-0.1, -0.05) is 29.8 Å². The fourth-order valence-corrected chi connectivity index (χ4v) is 1.90. The Morgan fingerprint density at radius 1 is 1.24 bits per heavy atom. The average Bonchev–Trinajstić information content (AvgIpc) is 2.50. The molecule has 0 aliphatic carbocycles. The Balaban J connectivity index is 2.19. The van der Waals surface area contributed by atoms with Gasteiger partial charge in [0.05, 0.1) is 16.8 Å². The number of hydrogen-bond acceptors (Lipinski definition) is 4. The zero-order valence-electron chi connectivity index (χ0n) is 12.1. The normalized spacial score (nSPS) is 10.8. The number of nitro benzene ring substituents is 1. The summed E-state index contributed by atoms with van der Waals surface area (Å²) in [5.74, 6) is 0. The molecular formula is C16H17N3O2. The molecule has 0 unspecified atom stereocenters. The van der Waals surface area contributed by atoms with Gasteiger partial charge in [-0.15, -0.1) is 0 Å². The van der Waals surface area contributed by atoms with Crippen LogP contribution in [0.15, 0.2) is 53.6 Å². The van der Waals surface area contributed by atoms with Crippen molar-refractivity contribution in [3.63, 3.8) is 0 Å². The third kappa shape index (κ3) is 3.89. The molecule has 0 aromatic heterocycles. The predicted molar refractivity (Wildman–Crippen MR) is 84.9 cm³/mol. The second-order valence-corrected chi connectivity index (χ2v) is 4.65. The molecular weight excluding hydrogens is 266 g/mol. The molecule has 108 valence electrons. The minimum Gasteiger partial charge on any atom is -0.266 e. The number of anilines is 1. The van der Waals surface area contributed by atoms with E-state index in [0.29, 0.717) is 12.1 Å². The van der Waals surface area contributed by atoms with Gasteiger partial charge in [0.1, 0.15) is 0 Å². The minimum atomic E-state index is -0.408. The maximum Gasteiger partial charge on any atom is 0.270 e. The van der Waals surface area contributed by atoms with Crippen LogP contribution in [0.3, 0.4) is 0 Å². The minimum absolute atomic E-state index is 0.0670. The monoisotopic (exact) mass is 283 g/mol. The number of aryl methyl sites for hydroxylation is 1. The first kappa shape index (κ1) is 14.7. The number of non-ortho nitro benzene ring substituents is 1. The summed E-state index contributed by atoms with van der Waals surface area (Å²) in [5.41, 5.74) is 2.95. The lowest BCUT2D eigenvalue weighted by molar-refractivity contribution is -0.384. The van der Waals surface area contributed by atoms with E-state index in [1.165, 1.54) is 17.7 Å². The van der Waals surface area contributed by atoms with E-state index < -0.39 is 4.92 Å². The van der Waals surface area contributed by atoms with Crippen LogP contribution in [-0.2, 0) is 0 Å². The molecule has 0 fully saturated rings. The van der Waals surface area contributed by atoms with E-state index in [9.17, 15) is 10.1 Å². The topological polar surface area (TPSA) is 58.7 Å². The second kappa shape index (κ2) is 6.65. The largest absolute Gasteiger partial charge is 0.270 e. The molecule has 5 nitrogen and oxygen atoms in total. The van der Waals surface area contributed by atoms with Crippen LogP contribution < -0.4 is 5.01 Å². The number of hydrogen-bond donors (Lipinski definition) is 0. The van der Waals surface area contributed by atoms with Gasteiger partial charge < -0.3 is 0 Å². The Bertz CT molecular complexity index is 651. The van der Waals surface area contributed by atoms with E-state index in [-0.39, 0.29) is 5.69 Å². The fourth-order valence-electron chi connectivity index (χ4n) is 1.90. The van der Waals surface area contributed by atoms with Gasteiger partial charge in [0.25, 0.3) is 5.69 Å². The highest BCUT2D eigenvalue weighted by molar-refractivity contribution is 5.81. The fraction of sp³-hybridized carbons (Fsp3) is 0.188. The van der Waals surface area contributed by atoms with E-state index in [4.69, 9.17) is 0 Å². The van der Waals surface area contributed by atoms with E-state index in [1.807, 2.05) is 43.1 Å². The van der Waals surface area contributed by atoms with E-state index >= 15 is 0 Å². The lowest BCUT2D eigenvalue weighted by atomic mass is 10.2. The molecule has 0 aliphatic heterocycles. The highest BCUT2D eigenvalue weighted by Crippen LogP contribution is 2.16. The molecule has 0 heterocycles. The van der Waals surface area contributed by atoms with Crippen LogP contribution >= 0.6 is 0 Å². The maximum atomic E-state index is 10.8. The standard InChI is InChI=1S/C16H17N3O2/c1-3-18(15-9-7-13(2)8-10-15)17-12-14-5-4-6-16(11-14)19(20)21/h4-12H,3H2,1-2H3/b17-12-. The van der Waals surface area contributed by atoms with Crippen molar-refractivity contribution in [1.29, 1.82) is 0 Å². The van der Waals surface area contributed by atoms with E-state index in [2.05, 4.69) is 5.10 Å². The smallest absolute Gasteiger partial charge is 0.266 e. The van der Waals surface area contributed by atoms with Crippen LogP contribution in [0.25, 0.3) is 0 Å². The Morgan fingerprint density at radius 2 is 1.95 bits per heavy atom. The summed E-state index contributed by atoms with van der Waals surface area (Å²) in [6, 6.07) is 14.5. The highest BCUT2D eigenvalue weighted by atomic mass is 16.6. The molecule has 21 heavy (non-hydrogen) atoms. The summed E-state index contributed by atoms with van der Waals surface area (Å²) < 4.78 is 0. The van der Waals surface area contributed by atoms with Gasteiger partial charge >= 0.3 is 0 Å². The third-order valence-electron chi connectivity index (χ3n) is 3.06. The van der Waals surface area contributed by atoms with Crippen molar-refractivity contribution in [2.24, 2.45) is 5.10 Å². The molecule has 2 rings (SSSR count). The Hall–Kier alpha value is -2.69. The summed E-state index contributed by atoms with van der Waals surface area (Å²) in [6.07, 6.45) is 1.64. The lowest BCUT2D eigenvalue weighted by Gasteiger charge is -2.16. The van der Waals surface area contributed by atoms with Crippen LogP contribution in [0.2, 0.25) is 0 Å². The first-order chi connectivity index (χ1) is 10.1. The van der Waals surface area contributed by atoms with Crippen LogP contribution in [0.1, 0.15) is 18.1 Å². The highest BCUT2D eigenvalue weighted by Gasteiger charge is 2.05. The molecule has 0 amide bonds. The summed E-state index contributed by atoms with van der Waals surface area (Å²) in [6.45, 7) is 4.76. The number of nitrogens with zero attached hydrogens (tertiary/aromatic N) is 3. The van der Waals surface area contributed by atoms with Crippen molar-refractivity contribution in [2.45, 2.75) is 13.8 Å². The van der Waals surface area contributed by atoms with Gasteiger partial charge in [-0.25, -0.2) is 0 Å². The molecule has 2 aromatic rings. The third-order valence-corrected chi connectivity index (χ3v) is 3.06. The van der Waals surface area contributed by atoms with Crippen LogP contribution in [0, 0.1) is 17.0 Å². The lowest BCUT2D eigenvalue weighted by Crippen LogP contribution is -2.15. The summed E-state index contributed by atoms with van der Waals surface area (Å²) in [4.78, 5) is 10.3. The van der Waals surface area contributed by atoms with Crippen LogP contribution in [0.5, 0.6) is 0 Å². The SMILES string of the molecule is CCN(/N=C\c1cccc([N+](=O)[O-])c1)c1ccc(C)cc1. The molecule has 0 N–H and O–H groups in total. The molecule has 0 aliphatic rings. The first-order valence-electron chi connectivity index (χ1n) is 6.73. The Kier molecular flexibility index (Phi) is 4.66.